The number of aromatic nitrogens is 3. The van der Waals surface area contributed by atoms with Crippen LogP contribution in [-0.2, 0) is 23.1 Å². The second-order valence-corrected chi connectivity index (χ2v) is 7.99. The number of sulfonamides is 1. The van der Waals surface area contributed by atoms with Crippen LogP contribution in [0.3, 0.4) is 0 Å². The van der Waals surface area contributed by atoms with Crippen molar-refractivity contribution in [1.29, 1.82) is 0 Å². The molecule has 1 unspecified atom stereocenters. The van der Waals surface area contributed by atoms with Gasteiger partial charge < -0.3 is 0 Å². The zero-order valence-electron chi connectivity index (χ0n) is 12.9. The third-order valence-electron chi connectivity index (χ3n) is 4.18. The summed E-state index contributed by atoms with van der Waals surface area (Å²) in [5, 5.41) is 2.99. The van der Waals surface area contributed by atoms with Crippen molar-refractivity contribution in [2.24, 2.45) is 0 Å². The molecule has 1 saturated carbocycles. The van der Waals surface area contributed by atoms with E-state index in [1.165, 1.54) is 6.33 Å². The summed E-state index contributed by atoms with van der Waals surface area (Å²) in [4.78, 5) is 3.87. The Morgan fingerprint density at radius 3 is 2.67 bits per heavy atom. The van der Waals surface area contributed by atoms with Gasteiger partial charge in [0, 0.05) is 19.4 Å². The molecule has 1 aliphatic rings. The lowest BCUT2D eigenvalue weighted by atomic mass is 10.1. The molecule has 1 N–H and O–H groups in total. The Morgan fingerprint density at radius 1 is 1.29 bits per heavy atom. The topological polar surface area (TPSA) is 76.9 Å². The van der Waals surface area contributed by atoms with Crippen molar-refractivity contribution >= 4 is 10.0 Å². The van der Waals surface area contributed by atoms with Gasteiger partial charge in [-0.05, 0) is 17.5 Å². The van der Waals surface area contributed by atoms with E-state index < -0.39 is 27.6 Å². The van der Waals surface area contributed by atoms with Crippen LogP contribution in [-0.4, -0.2) is 34.4 Å². The van der Waals surface area contributed by atoms with Crippen LogP contribution in [0.25, 0.3) is 0 Å². The fourth-order valence-corrected chi connectivity index (χ4v) is 4.33. The number of rotatable bonds is 6. The molecule has 0 saturated heterocycles. The monoisotopic (exact) mass is 356 g/mol. The first kappa shape index (κ1) is 17.0. The van der Waals surface area contributed by atoms with Gasteiger partial charge in [-0.1, -0.05) is 24.3 Å². The van der Waals surface area contributed by atoms with Crippen LogP contribution in [0.5, 0.6) is 0 Å². The largest absolute Gasteiger partial charge is 0.249 e. The molecule has 0 bridgehead atoms. The van der Waals surface area contributed by atoms with Crippen LogP contribution < -0.4 is 4.72 Å². The summed E-state index contributed by atoms with van der Waals surface area (Å²) < 4.78 is 55.1. The van der Waals surface area contributed by atoms with E-state index in [-0.39, 0.29) is 19.4 Å². The summed E-state index contributed by atoms with van der Waals surface area (Å²) in [6, 6.07) is 7.33. The molecule has 1 aliphatic carbocycles. The van der Waals surface area contributed by atoms with Crippen molar-refractivity contribution in [1.82, 2.24) is 19.5 Å². The predicted molar refractivity (Wildman–Crippen MR) is 83.9 cm³/mol. The second-order valence-electron chi connectivity index (χ2n) is 5.95. The molecule has 1 aromatic heterocycles. The van der Waals surface area contributed by atoms with E-state index in [4.69, 9.17) is 0 Å². The molecule has 1 atom stereocenters. The van der Waals surface area contributed by atoms with Crippen LogP contribution >= 0.6 is 0 Å². The Morgan fingerprint density at radius 2 is 2.04 bits per heavy atom. The average Bonchev–Trinajstić information content (AvgIpc) is 3.16. The molecule has 3 rings (SSSR count). The Kier molecular flexibility index (Phi) is 4.64. The van der Waals surface area contributed by atoms with Gasteiger partial charge in [-0.3, -0.25) is 0 Å². The first-order valence-electron chi connectivity index (χ1n) is 7.61. The van der Waals surface area contributed by atoms with Gasteiger partial charge in [0.15, 0.2) is 0 Å². The van der Waals surface area contributed by atoms with Crippen LogP contribution in [0.1, 0.15) is 30.4 Å². The van der Waals surface area contributed by atoms with Gasteiger partial charge in [0.05, 0.1) is 11.8 Å². The molecule has 1 aromatic carbocycles. The van der Waals surface area contributed by atoms with Crippen LogP contribution in [0.4, 0.5) is 8.78 Å². The number of nitrogens with zero attached hydrogens (tertiary/aromatic N) is 3. The standard InChI is InChI=1S/C15H18F2N4O2S/c16-15(17)6-5-14(7-15)24(22,23)20-8-12-3-1-2-4-13(12)9-21-11-18-10-19-21/h1-4,10-11,14,20H,5-9H2. The number of benzene rings is 1. The van der Waals surface area contributed by atoms with E-state index in [1.807, 2.05) is 12.1 Å². The van der Waals surface area contributed by atoms with E-state index in [0.29, 0.717) is 6.54 Å². The molecule has 0 amide bonds. The quantitative estimate of drug-likeness (QED) is 0.858. The summed E-state index contributed by atoms with van der Waals surface area (Å²) in [5.74, 6) is -2.88. The van der Waals surface area contributed by atoms with Crippen molar-refractivity contribution in [2.75, 3.05) is 0 Å². The van der Waals surface area contributed by atoms with Gasteiger partial charge in [0.1, 0.15) is 12.7 Å². The van der Waals surface area contributed by atoms with Crippen molar-refractivity contribution in [2.45, 2.75) is 43.5 Å². The Balaban J connectivity index is 1.68. The Labute approximate surface area is 139 Å². The minimum absolute atomic E-state index is 0.0110. The maximum atomic E-state index is 13.3. The fraction of sp³-hybridized carbons (Fsp3) is 0.467. The first-order chi connectivity index (χ1) is 11.4. The molecule has 0 radical (unpaired) electrons. The normalized spacial score (nSPS) is 20.3. The summed E-state index contributed by atoms with van der Waals surface area (Å²) in [5.41, 5.74) is 1.67. The maximum absolute atomic E-state index is 13.3. The predicted octanol–water partition coefficient (Wildman–Crippen LogP) is 1.93. The summed E-state index contributed by atoms with van der Waals surface area (Å²) in [6.07, 6.45) is 2.00. The molecule has 0 aliphatic heterocycles. The number of hydrogen-bond acceptors (Lipinski definition) is 4. The number of nitrogens with one attached hydrogen (secondary N) is 1. The number of alkyl halides is 2. The van der Waals surface area contributed by atoms with E-state index >= 15 is 0 Å². The first-order valence-corrected chi connectivity index (χ1v) is 9.16. The molecule has 9 heteroatoms. The minimum atomic E-state index is -3.77. The smallest absolute Gasteiger partial charge is 0.249 e. The molecular weight excluding hydrogens is 338 g/mol. The Hall–Kier alpha value is -1.87. The molecular formula is C15H18F2N4O2S. The summed E-state index contributed by atoms with van der Waals surface area (Å²) in [7, 11) is -3.77. The van der Waals surface area contributed by atoms with Gasteiger partial charge in [-0.15, -0.1) is 0 Å². The Bertz CT molecular complexity index is 794. The minimum Gasteiger partial charge on any atom is -0.249 e. The highest BCUT2D eigenvalue weighted by Gasteiger charge is 2.45. The van der Waals surface area contributed by atoms with Crippen molar-refractivity contribution < 1.29 is 17.2 Å². The van der Waals surface area contributed by atoms with Crippen LogP contribution in [0.2, 0.25) is 0 Å². The molecule has 0 spiro atoms. The highest BCUT2D eigenvalue weighted by molar-refractivity contribution is 7.90. The molecule has 6 nitrogen and oxygen atoms in total. The maximum Gasteiger partial charge on any atom is 0.249 e. The third kappa shape index (κ3) is 3.96. The van der Waals surface area contributed by atoms with Crippen molar-refractivity contribution in [3.05, 3.63) is 48.0 Å². The van der Waals surface area contributed by atoms with Crippen LogP contribution in [0.15, 0.2) is 36.9 Å². The lowest BCUT2D eigenvalue weighted by Crippen LogP contribution is -2.33. The highest BCUT2D eigenvalue weighted by Crippen LogP contribution is 2.37. The van der Waals surface area contributed by atoms with Gasteiger partial charge >= 0.3 is 0 Å². The van der Waals surface area contributed by atoms with Crippen molar-refractivity contribution in [3.8, 4) is 0 Å². The third-order valence-corrected chi connectivity index (χ3v) is 6.01. The molecule has 130 valence electrons. The molecule has 24 heavy (non-hydrogen) atoms. The van der Waals surface area contributed by atoms with Gasteiger partial charge in [-0.25, -0.2) is 31.6 Å². The number of halogens is 2. The molecule has 1 fully saturated rings. The van der Waals surface area contributed by atoms with E-state index in [9.17, 15) is 17.2 Å². The van der Waals surface area contributed by atoms with Gasteiger partial charge in [-0.2, -0.15) is 5.10 Å². The van der Waals surface area contributed by atoms with Gasteiger partial charge in [0.25, 0.3) is 0 Å². The average molecular weight is 356 g/mol. The van der Waals surface area contributed by atoms with Crippen LogP contribution in [0, 0.1) is 0 Å². The zero-order valence-corrected chi connectivity index (χ0v) is 13.7. The number of hydrogen-bond donors (Lipinski definition) is 1. The van der Waals surface area contributed by atoms with E-state index in [1.54, 1.807) is 23.1 Å². The molecule has 1 heterocycles. The lowest BCUT2D eigenvalue weighted by Gasteiger charge is -2.15. The highest BCUT2D eigenvalue weighted by atomic mass is 32.2. The summed E-state index contributed by atoms with van der Waals surface area (Å²) >= 11 is 0. The zero-order chi connectivity index (χ0) is 17.2. The van der Waals surface area contributed by atoms with E-state index in [0.717, 1.165) is 11.1 Å². The van der Waals surface area contributed by atoms with E-state index in [2.05, 4.69) is 14.8 Å². The SMILES string of the molecule is O=S(=O)(NCc1ccccc1Cn1cncn1)C1CCC(F)(F)C1. The fourth-order valence-electron chi connectivity index (χ4n) is 2.84. The lowest BCUT2D eigenvalue weighted by molar-refractivity contribution is 0.00953. The van der Waals surface area contributed by atoms with Gasteiger partial charge in [0.2, 0.25) is 15.9 Å². The molecule has 2 aromatic rings. The second kappa shape index (κ2) is 6.56. The van der Waals surface area contributed by atoms with Crippen molar-refractivity contribution in [3.63, 3.8) is 0 Å². The summed E-state index contributed by atoms with van der Waals surface area (Å²) in [6.45, 7) is 0.522.